The summed E-state index contributed by atoms with van der Waals surface area (Å²) in [7, 11) is 3.94. The molecule has 1 aromatic heterocycles. The molecule has 0 radical (unpaired) electrons. The van der Waals surface area contributed by atoms with Gasteiger partial charge in [0.2, 0.25) is 0 Å². The van der Waals surface area contributed by atoms with Gasteiger partial charge < -0.3 is 10.2 Å². The smallest absolute Gasteiger partial charge is 0.193 e. The van der Waals surface area contributed by atoms with Gasteiger partial charge in [-0.05, 0) is 38.0 Å². The lowest BCUT2D eigenvalue weighted by Gasteiger charge is -2.27. The minimum Gasteiger partial charge on any atom is -0.355 e. The third kappa shape index (κ3) is 5.87. The molecule has 1 rings (SSSR count). The number of hydrogen-bond acceptors (Lipinski definition) is 3. The fourth-order valence-corrected chi connectivity index (χ4v) is 2.50. The van der Waals surface area contributed by atoms with Crippen LogP contribution in [0.25, 0.3) is 0 Å². The first-order chi connectivity index (χ1) is 8.98. The summed E-state index contributed by atoms with van der Waals surface area (Å²) in [5.74, 6) is 0.971. The molecule has 0 fully saturated rings. The number of guanidine groups is 1. The molecule has 0 spiro atoms. The van der Waals surface area contributed by atoms with E-state index in [0.29, 0.717) is 0 Å². The Labute approximate surface area is 125 Å². The maximum atomic E-state index is 4.35. The lowest BCUT2D eigenvalue weighted by molar-refractivity contribution is 0.481. The van der Waals surface area contributed by atoms with Crippen molar-refractivity contribution in [1.29, 1.82) is 0 Å². The second-order valence-corrected chi connectivity index (χ2v) is 7.66. The number of nitrogens with zero attached hydrogens (tertiary/aromatic N) is 2. The predicted octanol–water partition coefficient (Wildman–Crippen LogP) is 2.94. The van der Waals surface area contributed by atoms with Gasteiger partial charge in [-0.1, -0.05) is 6.07 Å². The van der Waals surface area contributed by atoms with Crippen molar-refractivity contribution in [2.75, 3.05) is 33.4 Å². The van der Waals surface area contributed by atoms with Crippen molar-refractivity contribution in [3.05, 3.63) is 22.4 Å². The molecule has 1 aromatic rings. The highest BCUT2D eigenvalue weighted by Crippen LogP contribution is 2.19. The Morgan fingerprint density at radius 2 is 2.26 bits per heavy atom. The van der Waals surface area contributed by atoms with Crippen LogP contribution >= 0.6 is 23.1 Å². The van der Waals surface area contributed by atoms with Crippen LogP contribution < -0.4 is 5.32 Å². The van der Waals surface area contributed by atoms with E-state index in [0.717, 1.165) is 25.5 Å². The van der Waals surface area contributed by atoms with E-state index in [2.05, 4.69) is 59.9 Å². The number of thioether (sulfide) groups is 1. The molecule has 1 N–H and O–H groups in total. The second-order valence-electron chi connectivity index (χ2n) is 5.12. The van der Waals surface area contributed by atoms with Crippen LogP contribution in [0.5, 0.6) is 0 Å². The van der Waals surface area contributed by atoms with Gasteiger partial charge in [0, 0.05) is 36.8 Å². The molecule has 3 nitrogen and oxygen atoms in total. The van der Waals surface area contributed by atoms with Crippen molar-refractivity contribution in [2.45, 2.75) is 25.0 Å². The highest BCUT2D eigenvalue weighted by molar-refractivity contribution is 7.99. The average molecular weight is 300 g/mol. The van der Waals surface area contributed by atoms with Crippen LogP contribution in [0.4, 0.5) is 0 Å². The normalized spacial score (nSPS) is 12.6. The third-order valence-corrected chi connectivity index (χ3v) is 5.26. The quantitative estimate of drug-likeness (QED) is 0.646. The number of likely N-dealkylation sites (N-methyl/N-ethyl adjacent to an activating group) is 1. The zero-order valence-corrected chi connectivity index (χ0v) is 14.2. The lowest BCUT2D eigenvalue weighted by atomic mass is 10.2. The summed E-state index contributed by atoms with van der Waals surface area (Å²) in [6.07, 6.45) is 3.21. The lowest BCUT2D eigenvalue weighted by Crippen LogP contribution is -2.44. The molecule has 0 aliphatic rings. The van der Waals surface area contributed by atoms with Crippen LogP contribution in [0.2, 0.25) is 0 Å². The van der Waals surface area contributed by atoms with E-state index in [1.54, 1.807) is 0 Å². The molecule has 0 unspecified atom stereocenters. The predicted molar refractivity (Wildman–Crippen MR) is 89.6 cm³/mol. The van der Waals surface area contributed by atoms with Crippen LogP contribution in [0.3, 0.4) is 0 Å². The van der Waals surface area contributed by atoms with Gasteiger partial charge in [-0.3, -0.25) is 4.99 Å². The Morgan fingerprint density at radius 3 is 2.79 bits per heavy atom. The monoisotopic (exact) mass is 299 g/mol. The van der Waals surface area contributed by atoms with Crippen LogP contribution in [0.15, 0.2) is 22.5 Å². The molecule has 0 amide bonds. The van der Waals surface area contributed by atoms with Crippen LogP contribution in [-0.2, 0) is 6.42 Å². The van der Waals surface area contributed by atoms with Gasteiger partial charge in [-0.15, -0.1) is 11.3 Å². The summed E-state index contributed by atoms with van der Waals surface area (Å²) >= 11 is 3.68. The summed E-state index contributed by atoms with van der Waals surface area (Å²) in [5, 5.41) is 5.58. The van der Waals surface area contributed by atoms with E-state index in [1.807, 2.05) is 30.1 Å². The van der Waals surface area contributed by atoms with Crippen molar-refractivity contribution in [3.63, 3.8) is 0 Å². The second kappa shape index (κ2) is 7.80. The standard InChI is InChI=1S/C14H25N3S2/c1-14(2,18-5)11-16-13(15-3)17(4)9-8-12-7-6-10-19-12/h6-7,10H,8-9,11H2,1-5H3,(H,15,16). The number of rotatable bonds is 6. The molecule has 5 heteroatoms. The average Bonchev–Trinajstić information content (AvgIpc) is 2.90. The molecule has 0 aromatic carbocycles. The third-order valence-electron chi connectivity index (χ3n) is 3.07. The first-order valence-electron chi connectivity index (χ1n) is 6.48. The first-order valence-corrected chi connectivity index (χ1v) is 8.58. The molecule has 0 bridgehead atoms. The number of aliphatic imine (C=N–C) groups is 1. The Kier molecular flexibility index (Phi) is 6.72. The van der Waals surface area contributed by atoms with E-state index < -0.39 is 0 Å². The van der Waals surface area contributed by atoms with Crippen molar-refractivity contribution < 1.29 is 0 Å². The zero-order chi connectivity index (χ0) is 14.3. The van der Waals surface area contributed by atoms with E-state index in [1.165, 1.54) is 4.88 Å². The van der Waals surface area contributed by atoms with E-state index in [9.17, 15) is 0 Å². The Balaban J connectivity index is 2.41. The molecule has 19 heavy (non-hydrogen) atoms. The number of thiophene rings is 1. The first kappa shape index (κ1) is 16.4. The van der Waals surface area contributed by atoms with Gasteiger partial charge >= 0.3 is 0 Å². The molecule has 1 heterocycles. The largest absolute Gasteiger partial charge is 0.355 e. The molecule has 0 atom stereocenters. The van der Waals surface area contributed by atoms with Gasteiger partial charge in [-0.25, -0.2) is 0 Å². The van der Waals surface area contributed by atoms with Crippen molar-refractivity contribution >= 4 is 29.1 Å². The van der Waals surface area contributed by atoms with Crippen LogP contribution in [0, 0.1) is 0 Å². The van der Waals surface area contributed by atoms with E-state index in [-0.39, 0.29) is 4.75 Å². The summed E-state index contributed by atoms with van der Waals surface area (Å²) in [4.78, 5) is 7.96. The van der Waals surface area contributed by atoms with E-state index in [4.69, 9.17) is 0 Å². The molecule has 0 aliphatic carbocycles. The Hall–Kier alpha value is -0.680. The summed E-state index contributed by atoms with van der Waals surface area (Å²) in [6.45, 7) is 6.39. The minimum absolute atomic E-state index is 0.227. The SMILES string of the molecule is CN=C(NCC(C)(C)SC)N(C)CCc1cccs1. The molecule has 108 valence electrons. The molecule has 0 aliphatic heterocycles. The van der Waals surface area contributed by atoms with E-state index >= 15 is 0 Å². The number of nitrogens with one attached hydrogen (secondary N) is 1. The highest BCUT2D eigenvalue weighted by atomic mass is 32.2. The Morgan fingerprint density at radius 1 is 1.53 bits per heavy atom. The van der Waals surface area contributed by atoms with Gasteiger partial charge in [0.1, 0.15) is 0 Å². The van der Waals surface area contributed by atoms with Gasteiger partial charge in [-0.2, -0.15) is 11.8 Å². The fraction of sp³-hybridized carbons (Fsp3) is 0.643. The van der Waals surface area contributed by atoms with Crippen LogP contribution in [-0.4, -0.2) is 49.0 Å². The van der Waals surface area contributed by atoms with Crippen molar-refractivity contribution in [2.24, 2.45) is 4.99 Å². The molecule has 0 saturated heterocycles. The topological polar surface area (TPSA) is 27.6 Å². The highest BCUT2D eigenvalue weighted by Gasteiger charge is 2.17. The van der Waals surface area contributed by atoms with Gasteiger partial charge in [0.15, 0.2) is 5.96 Å². The van der Waals surface area contributed by atoms with Gasteiger partial charge in [0.25, 0.3) is 0 Å². The van der Waals surface area contributed by atoms with Gasteiger partial charge in [0.05, 0.1) is 0 Å². The Bertz CT molecular complexity index is 385. The number of hydrogen-bond donors (Lipinski definition) is 1. The summed E-state index contributed by atoms with van der Waals surface area (Å²) < 4.78 is 0.227. The molecular formula is C14H25N3S2. The zero-order valence-electron chi connectivity index (χ0n) is 12.6. The van der Waals surface area contributed by atoms with Crippen molar-refractivity contribution in [3.8, 4) is 0 Å². The van der Waals surface area contributed by atoms with Crippen LogP contribution in [0.1, 0.15) is 18.7 Å². The molecular weight excluding hydrogens is 274 g/mol. The molecule has 0 saturated carbocycles. The van der Waals surface area contributed by atoms with Crippen molar-refractivity contribution in [1.82, 2.24) is 10.2 Å². The maximum Gasteiger partial charge on any atom is 0.193 e. The summed E-state index contributed by atoms with van der Waals surface area (Å²) in [5.41, 5.74) is 0. The fourth-order valence-electron chi connectivity index (χ4n) is 1.59. The maximum absolute atomic E-state index is 4.35. The summed E-state index contributed by atoms with van der Waals surface area (Å²) in [6, 6.07) is 4.29. The minimum atomic E-state index is 0.227.